The number of carbonyl (C=O) groups is 1. The van der Waals surface area contributed by atoms with Crippen molar-refractivity contribution in [2.24, 2.45) is 0 Å². The van der Waals surface area contributed by atoms with Gasteiger partial charge in [0.2, 0.25) is 0 Å². The van der Waals surface area contributed by atoms with E-state index in [0.29, 0.717) is 6.42 Å². The molecule has 21 heavy (non-hydrogen) atoms. The molecule has 2 aromatic rings. The quantitative estimate of drug-likeness (QED) is 0.782. The van der Waals surface area contributed by atoms with Crippen LogP contribution < -0.4 is 0 Å². The van der Waals surface area contributed by atoms with Gasteiger partial charge in [0.25, 0.3) is 0 Å². The summed E-state index contributed by atoms with van der Waals surface area (Å²) in [5.74, 6) is 0.0809. The molecule has 2 heterocycles. The van der Waals surface area contributed by atoms with Gasteiger partial charge in [-0.3, -0.25) is 4.79 Å². The number of esters is 1. The summed E-state index contributed by atoms with van der Waals surface area (Å²) in [5, 5.41) is 3.13. The largest absolute Gasteiger partial charge is 0.458 e. The molecule has 2 aliphatic rings. The second kappa shape index (κ2) is 4.95. The minimum absolute atomic E-state index is 0.0591. The highest BCUT2D eigenvalue weighted by Gasteiger charge is 2.52. The summed E-state index contributed by atoms with van der Waals surface area (Å²) in [6, 6.07) is 10.2. The van der Waals surface area contributed by atoms with Crippen molar-refractivity contribution in [2.45, 2.75) is 43.6 Å². The van der Waals surface area contributed by atoms with Crippen LogP contribution in [-0.2, 0) is 9.53 Å². The first-order chi connectivity index (χ1) is 10.3. The van der Waals surface area contributed by atoms with Crippen molar-refractivity contribution >= 4 is 17.3 Å². The highest BCUT2D eigenvalue weighted by molar-refractivity contribution is 7.13. The molecule has 0 radical (unpaired) electrons. The second-order valence-electron chi connectivity index (χ2n) is 5.95. The fourth-order valence-corrected chi connectivity index (χ4v) is 4.53. The van der Waals surface area contributed by atoms with E-state index in [1.165, 1.54) is 0 Å². The molecule has 1 aromatic heterocycles. The summed E-state index contributed by atoms with van der Waals surface area (Å²) in [4.78, 5) is 16.6. The van der Waals surface area contributed by atoms with Gasteiger partial charge in [0.1, 0.15) is 10.6 Å². The van der Waals surface area contributed by atoms with Crippen LogP contribution in [0.15, 0.2) is 35.7 Å². The number of hydrogen-bond acceptors (Lipinski definition) is 4. The third-order valence-electron chi connectivity index (χ3n) is 4.67. The maximum Gasteiger partial charge on any atom is 0.307 e. The fraction of sp³-hybridized carbons (Fsp3) is 0.412. The molecule has 4 rings (SSSR count). The van der Waals surface area contributed by atoms with Gasteiger partial charge in [-0.25, -0.2) is 4.98 Å². The molecule has 3 nitrogen and oxygen atoms in total. The van der Waals surface area contributed by atoms with Crippen LogP contribution in [0.5, 0.6) is 0 Å². The predicted molar refractivity (Wildman–Crippen MR) is 82.2 cm³/mol. The normalized spacial score (nSPS) is 23.6. The molecule has 4 heteroatoms. The monoisotopic (exact) mass is 299 g/mol. The molecule has 1 aliphatic carbocycles. The van der Waals surface area contributed by atoms with Crippen LogP contribution in [0.3, 0.4) is 0 Å². The minimum Gasteiger partial charge on any atom is -0.458 e. The van der Waals surface area contributed by atoms with Crippen LogP contribution >= 0.6 is 11.3 Å². The minimum atomic E-state index is -0.265. The first-order valence-corrected chi connectivity index (χ1v) is 8.37. The fourth-order valence-electron chi connectivity index (χ4n) is 3.65. The summed E-state index contributed by atoms with van der Waals surface area (Å²) in [6.07, 6.45) is 4.76. The highest BCUT2D eigenvalue weighted by atomic mass is 32.1. The second-order valence-corrected chi connectivity index (χ2v) is 6.80. The summed E-state index contributed by atoms with van der Waals surface area (Å²) in [7, 11) is 0. The molecule has 0 amide bonds. The van der Waals surface area contributed by atoms with Gasteiger partial charge >= 0.3 is 5.97 Å². The van der Waals surface area contributed by atoms with E-state index in [1.54, 1.807) is 11.3 Å². The van der Waals surface area contributed by atoms with Crippen LogP contribution in [0.4, 0.5) is 0 Å². The van der Waals surface area contributed by atoms with Crippen molar-refractivity contribution in [3.63, 3.8) is 0 Å². The lowest BCUT2D eigenvalue weighted by molar-refractivity contribution is -0.148. The van der Waals surface area contributed by atoms with Crippen molar-refractivity contribution in [2.75, 3.05) is 0 Å². The number of benzene rings is 1. The third kappa shape index (κ3) is 2.18. The topological polar surface area (TPSA) is 39.2 Å². The van der Waals surface area contributed by atoms with Gasteiger partial charge in [0.05, 0.1) is 18.0 Å². The van der Waals surface area contributed by atoms with Crippen molar-refractivity contribution in [1.82, 2.24) is 4.98 Å². The Bertz CT molecular complexity index is 658. The van der Waals surface area contributed by atoms with Gasteiger partial charge in [-0.1, -0.05) is 30.3 Å². The molecule has 1 saturated carbocycles. The van der Waals surface area contributed by atoms with E-state index in [0.717, 1.165) is 41.9 Å². The summed E-state index contributed by atoms with van der Waals surface area (Å²) in [6.45, 7) is 0. The molecule has 1 atom stereocenters. The Morgan fingerprint density at radius 1 is 1.19 bits per heavy atom. The molecule has 2 fully saturated rings. The van der Waals surface area contributed by atoms with Gasteiger partial charge in [-0.2, -0.15) is 0 Å². The number of hydrogen-bond donors (Lipinski definition) is 0. The molecule has 0 unspecified atom stereocenters. The van der Waals surface area contributed by atoms with E-state index in [1.807, 2.05) is 18.2 Å². The lowest BCUT2D eigenvalue weighted by Gasteiger charge is -2.27. The average molecular weight is 299 g/mol. The number of rotatable bonds is 2. The lowest BCUT2D eigenvalue weighted by Crippen LogP contribution is -2.30. The van der Waals surface area contributed by atoms with Crippen molar-refractivity contribution in [1.29, 1.82) is 0 Å². The van der Waals surface area contributed by atoms with E-state index in [9.17, 15) is 4.79 Å². The summed E-state index contributed by atoms with van der Waals surface area (Å²) < 4.78 is 5.72. The molecular weight excluding hydrogens is 282 g/mol. The number of aromatic nitrogens is 1. The molecule has 0 bridgehead atoms. The Hall–Kier alpha value is -1.68. The van der Waals surface area contributed by atoms with E-state index in [-0.39, 0.29) is 17.5 Å². The first kappa shape index (κ1) is 13.0. The van der Waals surface area contributed by atoms with Crippen molar-refractivity contribution in [3.8, 4) is 10.6 Å². The van der Waals surface area contributed by atoms with Gasteiger partial charge in [-0.05, 0) is 25.7 Å². The Morgan fingerprint density at radius 2 is 1.95 bits per heavy atom. The lowest BCUT2D eigenvalue weighted by atomic mass is 9.84. The van der Waals surface area contributed by atoms with E-state index in [2.05, 4.69) is 17.5 Å². The number of ether oxygens (including phenoxy) is 1. The zero-order valence-electron chi connectivity index (χ0n) is 11.7. The molecule has 108 valence electrons. The number of nitrogens with zero attached hydrogens (tertiary/aromatic N) is 1. The van der Waals surface area contributed by atoms with Crippen molar-refractivity contribution < 1.29 is 9.53 Å². The third-order valence-corrected chi connectivity index (χ3v) is 5.58. The van der Waals surface area contributed by atoms with Gasteiger partial charge in [0.15, 0.2) is 0 Å². The van der Waals surface area contributed by atoms with E-state index in [4.69, 9.17) is 9.72 Å². The van der Waals surface area contributed by atoms with Gasteiger partial charge in [0, 0.05) is 10.9 Å². The highest BCUT2D eigenvalue weighted by Crippen LogP contribution is 2.50. The molecule has 1 spiro atoms. The number of thiazole rings is 1. The summed E-state index contributed by atoms with van der Waals surface area (Å²) in [5.41, 5.74) is 1.91. The van der Waals surface area contributed by atoms with Crippen LogP contribution in [0.2, 0.25) is 0 Å². The van der Waals surface area contributed by atoms with Gasteiger partial charge in [-0.15, -0.1) is 11.3 Å². The van der Waals surface area contributed by atoms with E-state index < -0.39 is 0 Å². The smallest absolute Gasteiger partial charge is 0.307 e. The maximum atomic E-state index is 11.8. The molecule has 0 N–H and O–H groups in total. The molecular formula is C17H17NO2S. The Balaban J connectivity index is 1.67. The van der Waals surface area contributed by atoms with Crippen LogP contribution in [0.25, 0.3) is 10.6 Å². The van der Waals surface area contributed by atoms with Crippen LogP contribution in [-0.4, -0.2) is 16.6 Å². The van der Waals surface area contributed by atoms with Crippen LogP contribution in [0, 0.1) is 0 Å². The van der Waals surface area contributed by atoms with E-state index >= 15 is 0 Å². The molecule has 1 aliphatic heterocycles. The molecule has 1 aromatic carbocycles. The first-order valence-electron chi connectivity index (χ1n) is 7.50. The Labute approximate surface area is 128 Å². The predicted octanol–water partition coefficient (Wildman–Crippen LogP) is 4.15. The average Bonchev–Trinajstić information content (AvgIpc) is 3.21. The summed E-state index contributed by atoms with van der Waals surface area (Å²) >= 11 is 1.65. The van der Waals surface area contributed by atoms with Crippen LogP contribution in [0.1, 0.15) is 43.7 Å². The maximum absolute atomic E-state index is 11.8. The standard InChI is InChI=1S/C17H17NO2S/c19-15-10-13(17(20-15)8-4-5-9-17)14-11-21-16(18-14)12-6-2-1-3-7-12/h1-3,6-7,11,13H,4-5,8-10H2/t13-/m0/s1. The SMILES string of the molecule is O=C1C[C@@H](c2csc(-c3ccccc3)n2)C2(CCCC2)O1. The Morgan fingerprint density at radius 3 is 2.71 bits per heavy atom. The molecule has 1 saturated heterocycles. The van der Waals surface area contributed by atoms with Crippen molar-refractivity contribution in [3.05, 3.63) is 41.4 Å². The zero-order valence-corrected chi connectivity index (χ0v) is 12.6. The zero-order chi connectivity index (χ0) is 14.3. The Kier molecular flexibility index (Phi) is 3.07. The number of carbonyl (C=O) groups excluding carboxylic acids is 1. The van der Waals surface area contributed by atoms with Gasteiger partial charge < -0.3 is 4.74 Å².